The zero-order valence-corrected chi connectivity index (χ0v) is 15.6. The van der Waals surface area contributed by atoms with Crippen LogP contribution < -0.4 is 10.1 Å². The molecule has 0 saturated carbocycles. The van der Waals surface area contributed by atoms with E-state index in [1.54, 1.807) is 6.07 Å². The van der Waals surface area contributed by atoms with Gasteiger partial charge in [0.25, 0.3) is 0 Å². The first-order valence-corrected chi connectivity index (χ1v) is 9.95. The molecule has 144 valence electrons. The lowest BCUT2D eigenvalue weighted by atomic mass is 9.97. The van der Waals surface area contributed by atoms with E-state index in [1.165, 1.54) is 37.4 Å². The Bertz CT molecular complexity index is 939. The number of halogens is 1. The van der Waals surface area contributed by atoms with Crippen LogP contribution in [0, 0.1) is 5.82 Å². The van der Waals surface area contributed by atoms with E-state index in [2.05, 4.69) is 10.1 Å². The van der Waals surface area contributed by atoms with Crippen LogP contribution in [-0.4, -0.2) is 41.2 Å². The fourth-order valence-electron chi connectivity index (χ4n) is 3.03. The number of methoxy groups -OCH3 is 1. The highest BCUT2D eigenvalue weighted by atomic mass is 32.2. The smallest absolute Gasteiger partial charge is 0.343 e. The number of nitrogens with one attached hydrogen (secondary N) is 1. The summed E-state index contributed by atoms with van der Waals surface area (Å²) < 4.78 is 49.3. The first-order chi connectivity index (χ1) is 12.9. The van der Waals surface area contributed by atoms with Gasteiger partial charge in [-0.05, 0) is 48.9 Å². The third-order valence-electron chi connectivity index (χ3n) is 4.48. The highest BCUT2D eigenvalue weighted by molar-refractivity contribution is 7.91. The number of carbonyl (C=O) groups is 1. The van der Waals surface area contributed by atoms with Gasteiger partial charge in [-0.1, -0.05) is 12.1 Å². The van der Waals surface area contributed by atoms with E-state index in [0.29, 0.717) is 5.75 Å². The summed E-state index contributed by atoms with van der Waals surface area (Å²) in [5, 5.41) is 3.24. The Morgan fingerprint density at radius 3 is 2.67 bits per heavy atom. The molecule has 2 aromatic rings. The normalized spacial score (nSPS) is 16.9. The van der Waals surface area contributed by atoms with Crippen molar-refractivity contribution in [2.24, 2.45) is 0 Å². The Kier molecular flexibility index (Phi) is 5.76. The molecule has 0 aliphatic carbocycles. The molecule has 0 amide bonds. The van der Waals surface area contributed by atoms with E-state index in [0.717, 1.165) is 31.1 Å². The van der Waals surface area contributed by atoms with Crippen LogP contribution in [0.2, 0.25) is 0 Å². The standard InChI is InChI=1S/C19H20FNO5S/c1-25-19(22)12-26-18-10-16(5-6-17(18)13-7-8-21-11-13)27(23,24)15-4-2-3-14(20)9-15/h2-6,9-10,13,21H,7-8,11-12H2,1H3. The average molecular weight is 393 g/mol. The molecule has 0 aromatic heterocycles. The molecule has 1 N–H and O–H groups in total. The SMILES string of the molecule is COC(=O)COc1cc(S(=O)(=O)c2cccc(F)c2)ccc1C1CCNC1. The van der Waals surface area contributed by atoms with Gasteiger partial charge in [-0.25, -0.2) is 17.6 Å². The van der Waals surface area contributed by atoms with Gasteiger partial charge in [0, 0.05) is 12.5 Å². The van der Waals surface area contributed by atoms with Gasteiger partial charge in [0.05, 0.1) is 16.9 Å². The largest absolute Gasteiger partial charge is 0.482 e. The second kappa shape index (κ2) is 8.06. The van der Waals surface area contributed by atoms with Gasteiger partial charge in [-0.15, -0.1) is 0 Å². The third-order valence-corrected chi connectivity index (χ3v) is 6.22. The van der Waals surface area contributed by atoms with Gasteiger partial charge < -0.3 is 14.8 Å². The lowest BCUT2D eigenvalue weighted by molar-refractivity contribution is -0.142. The topological polar surface area (TPSA) is 81.7 Å². The Morgan fingerprint density at radius 1 is 1.22 bits per heavy atom. The van der Waals surface area contributed by atoms with Gasteiger partial charge in [-0.3, -0.25) is 0 Å². The Hall–Kier alpha value is -2.45. The zero-order valence-electron chi connectivity index (χ0n) is 14.8. The summed E-state index contributed by atoms with van der Waals surface area (Å²) in [5.74, 6) is -0.731. The molecule has 0 spiro atoms. The molecule has 1 atom stereocenters. The number of hydrogen-bond acceptors (Lipinski definition) is 6. The summed E-state index contributed by atoms with van der Waals surface area (Å²) in [6.07, 6.45) is 0.880. The minimum Gasteiger partial charge on any atom is -0.482 e. The minimum atomic E-state index is -3.92. The molecular weight excluding hydrogens is 373 g/mol. The highest BCUT2D eigenvalue weighted by Gasteiger charge is 2.25. The van der Waals surface area contributed by atoms with E-state index >= 15 is 0 Å². The number of ether oxygens (including phenoxy) is 2. The summed E-state index contributed by atoms with van der Waals surface area (Å²) >= 11 is 0. The van der Waals surface area contributed by atoms with Crippen LogP contribution in [0.3, 0.4) is 0 Å². The number of esters is 1. The molecule has 0 bridgehead atoms. The van der Waals surface area contributed by atoms with Crippen molar-refractivity contribution in [1.82, 2.24) is 5.32 Å². The van der Waals surface area contributed by atoms with Crippen LogP contribution in [0.25, 0.3) is 0 Å². The molecule has 1 fully saturated rings. The first kappa shape index (κ1) is 19.3. The van der Waals surface area contributed by atoms with Crippen LogP contribution in [0.15, 0.2) is 52.3 Å². The van der Waals surface area contributed by atoms with Crippen molar-refractivity contribution in [2.45, 2.75) is 22.1 Å². The van der Waals surface area contributed by atoms with Crippen molar-refractivity contribution in [1.29, 1.82) is 0 Å². The van der Waals surface area contributed by atoms with Crippen LogP contribution >= 0.6 is 0 Å². The maximum absolute atomic E-state index is 13.5. The molecule has 0 radical (unpaired) electrons. The summed E-state index contributed by atoms with van der Waals surface area (Å²) in [6.45, 7) is 1.27. The van der Waals surface area contributed by atoms with Crippen molar-refractivity contribution in [2.75, 3.05) is 26.8 Å². The molecule has 2 aromatic carbocycles. The van der Waals surface area contributed by atoms with E-state index in [-0.39, 0.29) is 22.3 Å². The van der Waals surface area contributed by atoms with Crippen molar-refractivity contribution in [3.63, 3.8) is 0 Å². The van der Waals surface area contributed by atoms with Gasteiger partial charge in [-0.2, -0.15) is 0 Å². The van der Waals surface area contributed by atoms with Crippen LogP contribution in [0.4, 0.5) is 4.39 Å². The van der Waals surface area contributed by atoms with E-state index in [4.69, 9.17) is 4.74 Å². The summed E-state index contributed by atoms with van der Waals surface area (Å²) in [5.41, 5.74) is 0.821. The number of carbonyl (C=O) groups excluding carboxylic acids is 1. The monoisotopic (exact) mass is 393 g/mol. The van der Waals surface area contributed by atoms with Gasteiger partial charge in [0.15, 0.2) is 6.61 Å². The summed E-state index contributed by atoms with van der Waals surface area (Å²) in [6, 6.07) is 9.39. The molecule has 27 heavy (non-hydrogen) atoms. The van der Waals surface area contributed by atoms with Crippen molar-refractivity contribution in [3.8, 4) is 5.75 Å². The zero-order chi connectivity index (χ0) is 19.4. The molecule has 3 rings (SSSR count). The molecular formula is C19H20FNO5S. The maximum Gasteiger partial charge on any atom is 0.343 e. The highest BCUT2D eigenvalue weighted by Crippen LogP contribution is 2.34. The molecule has 1 heterocycles. The third kappa shape index (κ3) is 4.28. The molecule has 1 unspecified atom stereocenters. The van der Waals surface area contributed by atoms with Gasteiger partial charge in [0.1, 0.15) is 11.6 Å². The van der Waals surface area contributed by atoms with E-state index in [9.17, 15) is 17.6 Å². The van der Waals surface area contributed by atoms with Crippen molar-refractivity contribution in [3.05, 3.63) is 53.8 Å². The number of sulfone groups is 1. The fraction of sp³-hybridized carbons (Fsp3) is 0.316. The molecule has 1 aliphatic rings. The lowest BCUT2D eigenvalue weighted by Gasteiger charge is -2.17. The Balaban J connectivity index is 1.99. The number of rotatable bonds is 6. The minimum absolute atomic E-state index is 0.0253. The van der Waals surface area contributed by atoms with E-state index < -0.39 is 21.6 Å². The van der Waals surface area contributed by atoms with Crippen molar-refractivity contribution >= 4 is 15.8 Å². The molecule has 1 saturated heterocycles. The lowest BCUT2D eigenvalue weighted by Crippen LogP contribution is -2.15. The molecule has 6 nitrogen and oxygen atoms in total. The van der Waals surface area contributed by atoms with Crippen LogP contribution in [0.1, 0.15) is 17.9 Å². The molecule has 8 heteroatoms. The van der Waals surface area contributed by atoms with Crippen LogP contribution in [-0.2, 0) is 19.4 Å². The average Bonchev–Trinajstić information content (AvgIpc) is 3.20. The first-order valence-electron chi connectivity index (χ1n) is 8.47. The molecule has 1 aliphatic heterocycles. The number of benzene rings is 2. The Labute approximate surface area is 157 Å². The summed E-state index contributed by atoms with van der Waals surface area (Å²) in [7, 11) is -2.67. The predicted molar refractivity (Wildman–Crippen MR) is 96.0 cm³/mol. The predicted octanol–water partition coefficient (Wildman–Crippen LogP) is 2.29. The second-order valence-electron chi connectivity index (χ2n) is 6.21. The fourth-order valence-corrected chi connectivity index (χ4v) is 4.34. The second-order valence-corrected chi connectivity index (χ2v) is 8.16. The maximum atomic E-state index is 13.5. The van der Waals surface area contributed by atoms with Crippen LogP contribution in [0.5, 0.6) is 5.75 Å². The van der Waals surface area contributed by atoms with Gasteiger partial charge >= 0.3 is 5.97 Å². The van der Waals surface area contributed by atoms with Crippen molar-refractivity contribution < 1.29 is 27.1 Å². The van der Waals surface area contributed by atoms with Gasteiger partial charge in [0.2, 0.25) is 9.84 Å². The summed E-state index contributed by atoms with van der Waals surface area (Å²) in [4.78, 5) is 11.3. The Morgan fingerprint density at radius 2 is 2.00 bits per heavy atom. The number of hydrogen-bond donors (Lipinski definition) is 1. The van der Waals surface area contributed by atoms with E-state index in [1.807, 2.05) is 0 Å². The quantitative estimate of drug-likeness (QED) is 0.759.